The Kier molecular flexibility index (Phi) is 5.21. The van der Waals surface area contributed by atoms with Gasteiger partial charge in [-0.25, -0.2) is 0 Å². The van der Waals surface area contributed by atoms with Crippen LogP contribution in [0.2, 0.25) is 0 Å². The summed E-state index contributed by atoms with van der Waals surface area (Å²) < 4.78 is 10.7. The van der Waals surface area contributed by atoms with Crippen LogP contribution in [0.1, 0.15) is 5.56 Å². The molecular formula is C14H15ClN2O2. The molecule has 2 aromatic carbocycles. The van der Waals surface area contributed by atoms with Crippen molar-refractivity contribution in [3.63, 3.8) is 0 Å². The summed E-state index contributed by atoms with van der Waals surface area (Å²) in [7, 11) is 1.62. The molecule has 0 aliphatic heterocycles. The van der Waals surface area contributed by atoms with Gasteiger partial charge in [-0.05, 0) is 48.5 Å². The SMILES string of the molecule is COc1ccc(Oc2ccc(C(=N)N)cc2)cc1.Cl. The molecule has 2 rings (SSSR count). The largest absolute Gasteiger partial charge is 0.497 e. The fraction of sp³-hybridized carbons (Fsp3) is 0.0714. The molecule has 0 saturated carbocycles. The van der Waals surface area contributed by atoms with Crippen LogP contribution in [0.25, 0.3) is 0 Å². The van der Waals surface area contributed by atoms with Crippen molar-refractivity contribution in [2.75, 3.05) is 7.11 Å². The zero-order valence-corrected chi connectivity index (χ0v) is 11.2. The maximum Gasteiger partial charge on any atom is 0.127 e. The van der Waals surface area contributed by atoms with E-state index in [1.165, 1.54) is 0 Å². The molecule has 0 aromatic heterocycles. The van der Waals surface area contributed by atoms with Gasteiger partial charge in [0.15, 0.2) is 0 Å². The molecule has 0 bridgehead atoms. The van der Waals surface area contributed by atoms with Gasteiger partial charge in [-0.2, -0.15) is 0 Å². The van der Waals surface area contributed by atoms with E-state index in [9.17, 15) is 0 Å². The fourth-order valence-corrected chi connectivity index (χ4v) is 1.48. The van der Waals surface area contributed by atoms with Crippen LogP contribution >= 0.6 is 12.4 Å². The minimum absolute atomic E-state index is 0. The van der Waals surface area contributed by atoms with Gasteiger partial charge < -0.3 is 15.2 Å². The standard InChI is InChI=1S/C14H14N2O2.ClH/c1-17-11-6-8-13(9-7-11)18-12-4-2-10(3-5-12)14(15)16;/h2-9H,1H3,(H3,15,16);1H. The average molecular weight is 279 g/mol. The lowest BCUT2D eigenvalue weighted by molar-refractivity contribution is 0.413. The minimum atomic E-state index is 0. The number of nitrogens with two attached hydrogens (primary N) is 1. The summed E-state index contributed by atoms with van der Waals surface area (Å²) in [6.45, 7) is 0. The van der Waals surface area contributed by atoms with E-state index in [1.54, 1.807) is 31.4 Å². The van der Waals surface area contributed by atoms with E-state index in [0.29, 0.717) is 11.3 Å². The van der Waals surface area contributed by atoms with E-state index in [-0.39, 0.29) is 18.2 Å². The van der Waals surface area contributed by atoms with E-state index in [2.05, 4.69) is 0 Å². The second-order valence-electron chi connectivity index (χ2n) is 3.72. The number of methoxy groups -OCH3 is 1. The Balaban J connectivity index is 0.00000180. The quantitative estimate of drug-likeness (QED) is 0.667. The molecule has 4 nitrogen and oxygen atoms in total. The van der Waals surface area contributed by atoms with Crippen molar-refractivity contribution in [2.45, 2.75) is 0 Å². The maximum atomic E-state index is 7.29. The van der Waals surface area contributed by atoms with Crippen LogP contribution in [0.3, 0.4) is 0 Å². The highest BCUT2D eigenvalue weighted by Gasteiger charge is 2.00. The van der Waals surface area contributed by atoms with Crippen LogP contribution in [0.4, 0.5) is 0 Å². The fourth-order valence-electron chi connectivity index (χ4n) is 1.48. The summed E-state index contributed by atoms with van der Waals surface area (Å²) >= 11 is 0. The van der Waals surface area contributed by atoms with Crippen molar-refractivity contribution < 1.29 is 9.47 Å². The molecule has 2 aromatic rings. The van der Waals surface area contributed by atoms with Crippen LogP contribution in [-0.4, -0.2) is 12.9 Å². The van der Waals surface area contributed by atoms with Gasteiger partial charge >= 0.3 is 0 Å². The number of benzene rings is 2. The molecule has 0 aliphatic carbocycles. The van der Waals surface area contributed by atoms with Crippen molar-refractivity contribution in [3.8, 4) is 17.2 Å². The third-order valence-electron chi connectivity index (χ3n) is 2.46. The summed E-state index contributed by atoms with van der Waals surface area (Å²) in [6, 6.07) is 14.4. The van der Waals surface area contributed by atoms with Crippen molar-refractivity contribution in [3.05, 3.63) is 54.1 Å². The molecule has 0 aliphatic rings. The molecule has 5 heteroatoms. The smallest absolute Gasteiger partial charge is 0.127 e. The molecule has 0 fully saturated rings. The Morgan fingerprint density at radius 2 is 1.32 bits per heavy atom. The maximum absolute atomic E-state index is 7.29. The van der Waals surface area contributed by atoms with Crippen molar-refractivity contribution in [1.82, 2.24) is 0 Å². The first kappa shape index (κ1) is 14.9. The predicted molar refractivity (Wildman–Crippen MR) is 77.8 cm³/mol. The number of rotatable bonds is 4. The van der Waals surface area contributed by atoms with Gasteiger partial charge in [-0.15, -0.1) is 12.4 Å². The number of ether oxygens (including phenoxy) is 2. The topological polar surface area (TPSA) is 68.3 Å². The van der Waals surface area contributed by atoms with Crippen LogP contribution < -0.4 is 15.2 Å². The van der Waals surface area contributed by atoms with Gasteiger partial charge in [0.25, 0.3) is 0 Å². The van der Waals surface area contributed by atoms with E-state index < -0.39 is 0 Å². The van der Waals surface area contributed by atoms with Gasteiger partial charge in [0.1, 0.15) is 23.1 Å². The number of amidine groups is 1. The van der Waals surface area contributed by atoms with E-state index in [0.717, 1.165) is 11.5 Å². The molecule has 0 saturated heterocycles. The molecular weight excluding hydrogens is 264 g/mol. The highest BCUT2D eigenvalue weighted by molar-refractivity contribution is 5.94. The Labute approximate surface area is 118 Å². The molecule has 0 radical (unpaired) electrons. The van der Waals surface area contributed by atoms with Crippen LogP contribution in [-0.2, 0) is 0 Å². The lowest BCUT2D eigenvalue weighted by Gasteiger charge is -2.07. The Morgan fingerprint density at radius 1 is 0.895 bits per heavy atom. The molecule has 0 atom stereocenters. The van der Waals surface area contributed by atoms with Crippen LogP contribution in [0, 0.1) is 5.41 Å². The first-order chi connectivity index (χ1) is 8.69. The second-order valence-corrected chi connectivity index (χ2v) is 3.72. The van der Waals surface area contributed by atoms with Gasteiger partial charge in [-0.3, -0.25) is 5.41 Å². The average Bonchev–Trinajstić information content (AvgIpc) is 2.40. The first-order valence-electron chi connectivity index (χ1n) is 5.45. The Bertz CT molecular complexity index is 538. The lowest BCUT2D eigenvalue weighted by atomic mass is 10.2. The number of hydrogen-bond acceptors (Lipinski definition) is 3. The first-order valence-corrected chi connectivity index (χ1v) is 5.45. The minimum Gasteiger partial charge on any atom is -0.497 e. The van der Waals surface area contributed by atoms with Gasteiger partial charge in [0, 0.05) is 5.56 Å². The van der Waals surface area contributed by atoms with Gasteiger partial charge in [0.05, 0.1) is 7.11 Å². The van der Waals surface area contributed by atoms with Crippen LogP contribution in [0.15, 0.2) is 48.5 Å². The van der Waals surface area contributed by atoms with Crippen LogP contribution in [0.5, 0.6) is 17.2 Å². The number of nitrogen functional groups attached to an aromatic ring is 1. The third kappa shape index (κ3) is 3.89. The Morgan fingerprint density at radius 3 is 1.74 bits per heavy atom. The molecule has 19 heavy (non-hydrogen) atoms. The molecule has 100 valence electrons. The molecule has 0 spiro atoms. The second kappa shape index (κ2) is 6.66. The van der Waals surface area contributed by atoms with Crippen molar-refractivity contribution in [1.29, 1.82) is 5.41 Å². The lowest BCUT2D eigenvalue weighted by Crippen LogP contribution is -2.10. The van der Waals surface area contributed by atoms with E-state index in [1.807, 2.05) is 24.3 Å². The van der Waals surface area contributed by atoms with Crippen molar-refractivity contribution >= 4 is 18.2 Å². The number of hydrogen-bond donors (Lipinski definition) is 2. The highest BCUT2D eigenvalue weighted by Crippen LogP contribution is 2.23. The summed E-state index contributed by atoms with van der Waals surface area (Å²) in [5.74, 6) is 2.26. The zero-order chi connectivity index (χ0) is 13.0. The predicted octanol–water partition coefficient (Wildman–Crippen LogP) is 3.19. The summed E-state index contributed by atoms with van der Waals surface area (Å²) in [4.78, 5) is 0. The normalized spacial score (nSPS) is 9.32. The number of halogens is 1. The molecule has 0 unspecified atom stereocenters. The third-order valence-corrected chi connectivity index (χ3v) is 2.46. The zero-order valence-electron chi connectivity index (χ0n) is 10.4. The van der Waals surface area contributed by atoms with E-state index >= 15 is 0 Å². The molecule has 0 heterocycles. The summed E-state index contributed by atoms with van der Waals surface area (Å²) in [5.41, 5.74) is 6.05. The van der Waals surface area contributed by atoms with Gasteiger partial charge in [-0.1, -0.05) is 0 Å². The van der Waals surface area contributed by atoms with Gasteiger partial charge in [0.2, 0.25) is 0 Å². The monoisotopic (exact) mass is 278 g/mol. The van der Waals surface area contributed by atoms with Crippen molar-refractivity contribution in [2.24, 2.45) is 5.73 Å². The highest BCUT2D eigenvalue weighted by atomic mass is 35.5. The summed E-state index contributed by atoms with van der Waals surface area (Å²) in [6.07, 6.45) is 0. The van der Waals surface area contributed by atoms with E-state index in [4.69, 9.17) is 20.6 Å². The Hall–Kier alpha value is -2.20. The number of nitrogens with one attached hydrogen (secondary N) is 1. The molecule has 0 amide bonds. The molecule has 3 N–H and O–H groups in total. The summed E-state index contributed by atoms with van der Waals surface area (Å²) in [5, 5.41) is 7.29.